The predicted molar refractivity (Wildman–Crippen MR) is 65.5 cm³/mol. The second-order valence-electron chi connectivity index (χ2n) is 3.69. The molecule has 1 heterocycles. The van der Waals surface area contributed by atoms with Crippen LogP contribution in [-0.4, -0.2) is 34.2 Å². The first kappa shape index (κ1) is 14.1. The highest BCUT2D eigenvalue weighted by molar-refractivity contribution is 5.65. The van der Waals surface area contributed by atoms with Gasteiger partial charge in [0.2, 0.25) is 0 Å². The average molecular weight is 253 g/mol. The van der Waals surface area contributed by atoms with Crippen LogP contribution in [0.25, 0.3) is 0 Å². The van der Waals surface area contributed by atoms with E-state index >= 15 is 0 Å². The molecule has 98 valence electrons. The van der Waals surface area contributed by atoms with Crippen molar-refractivity contribution in [3.63, 3.8) is 0 Å². The third-order valence-electron chi connectivity index (χ3n) is 2.50. The predicted octanol–water partition coefficient (Wildman–Crippen LogP) is 1.78. The van der Waals surface area contributed by atoms with Crippen molar-refractivity contribution in [3.05, 3.63) is 42.0 Å². The Morgan fingerprint density at radius 3 is 2.94 bits per heavy atom. The van der Waals surface area contributed by atoms with Crippen LogP contribution in [0.2, 0.25) is 0 Å². The number of halogens is 1. The van der Waals surface area contributed by atoms with Crippen LogP contribution in [0.1, 0.15) is 18.7 Å². The Labute approximate surface area is 105 Å². The van der Waals surface area contributed by atoms with Gasteiger partial charge in [-0.1, -0.05) is 12.2 Å². The summed E-state index contributed by atoms with van der Waals surface area (Å²) in [7, 11) is 0. The summed E-state index contributed by atoms with van der Waals surface area (Å²) >= 11 is 0. The van der Waals surface area contributed by atoms with Crippen molar-refractivity contribution in [3.8, 4) is 0 Å². The number of nitrogens with two attached hydrogens (primary N) is 1. The van der Waals surface area contributed by atoms with E-state index in [1.165, 1.54) is 18.3 Å². The molecule has 0 aliphatic carbocycles. The molecule has 0 aromatic carbocycles. The number of amides is 1. The second kappa shape index (κ2) is 6.70. The molecule has 0 bridgehead atoms. The number of hydrogen-bond acceptors (Lipinski definition) is 3. The molecule has 1 aromatic heterocycles. The zero-order valence-electron chi connectivity index (χ0n) is 10.1. The first-order valence-electron chi connectivity index (χ1n) is 5.53. The maximum absolute atomic E-state index is 13.5. The average Bonchev–Trinajstić information content (AvgIpc) is 2.34. The molecule has 1 amide bonds. The summed E-state index contributed by atoms with van der Waals surface area (Å²) in [5.41, 5.74) is 5.39. The van der Waals surface area contributed by atoms with Crippen LogP contribution in [0.15, 0.2) is 30.5 Å². The summed E-state index contributed by atoms with van der Waals surface area (Å²) in [6, 6.07) is 2.06. The molecule has 0 aliphatic rings. The maximum Gasteiger partial charge on any atom is 0.408 e. The largest absolute Gasteiger partial charge is 0.465 e. The zero-order valence-corrected chi connectivity index (χ0v) is 10.1. The first-order valence-corrected chi connectivity index (χ1v) is 5.53. The van der Waals surface area contributed by atoms with Gasteiger partial charge in [-0.2, -0.15) is 0 Å². The molecule has 1 atom stereocenters. The van der Waals surface area contributed by atoms with Crippen molar-refractivity contribution in [2.24, 2.45) is 5.73 Å². The van der Waals surface area contributed by atoms with Gasteiger partial charge in [0.15, 0.2) is 0 Å². The lowest BCUT2D eigenvalue weighted by Crippen LogP contribution is -2.33. The van der Waals surface area contributed by atoms with Gasteiger partial charge in [0, 0.05) is 19.3 Å². The summed E-state index contributed by atoms with van der Waals surface area (Å²) in [5, 5.41) is 9.11. The fourth-order valence-corrected chi connectivity index (χ4v) is 1.54. The summed E-state index contributed by atoms with van der Waals surface area (Å²) in [6.45, 7) is 2.07. The van der Waals surface area contributed by atoms with Crippen LogP contribution in [0, 0.1) is 5.82 Å². The standard InChI is InChI=1S/C12H16FN3O2/c1-9(11-10(13)5-4-7-15-11)16(12(17)18)8-3-2-6-14/h2-5,7,9H,6,8,14H2,1H3,(H,17,18)/b3-2+/t9-/m1/s1. The van der Waals surface area contributed by atoms with Gasteiger partial charge >= 0.3 is 6.09 Å². The van der Waals surface area contributed by atoms with Crippen molar-refractivity contribution in [2.75, 3.05) is 13.1 Å². The topological polar surface area (TPSA) is 79.5 Å². The minimum absolute atomic E-state index is 0.112. The Balaban J connectivity index is 2.89. The van der Waals surface area contributed by atoms with E-state index in [9.17, 15) is 9.18 Å². The number of pyridine rings is 1. The Morgan fingerprint density at radius 1 is 1.67 bits per heavy atom. The Hall–Kier alpha value is -1.95. The lowest BCUT2D eigenvalue weighted by Gasteiger charge is -2.24. The van der Waals surface area contributed by atoms with Crippen LogP contribution < -0.4 is 5.73 Å². The fourth-order valence-electron chi connectivity index (χ4n) is 1.54. The molecule has 0 unspecified atom stereocenters. The van der Waals surface area contributed by atoms with Crippen LogP contribution in [0.5, 0.6) is 0 Å². The normalized spacial score (nSPS) is 12.6. The zero-order chi connectivity index (χ0) is 13.5. The maximum atomic E-state index is 13.5. The molecule has 1 rings (SSSR count). The van der Waals surface area contributed by atoms with Crippen molar-refractivity contribution >= 4 is 6.09 Å². The van der Waals surface area contributed by atoms with Crippen LogP contribution >= 0.6 is 0 Å². The van der Waals surface area contributed by atoms with Gasteiger partial charge in [0.05, 0.1) is 11.7 Å². The molecule has 1 aromatic rings. The monoisotopic (exact) mass is 253 g/mol. The second-order valence-corrected chi connectivity index (χ2v) is 3.69. The summed E-state index contributed by atoms with van der Waals surface area (Å²) in [5.74, 6) is -0.515. The SMILES string of the molecule is C[C@H](c1ncccc1F)N(C/C=C/CN)C(=O)O. The molecule has 0 spiro atoms. The van der Waals surface area contributed by atoms with E-state index in [2.05, 4.69) is 4.98 Å². The van der Waals surface area contributed by atoms with Crippen LogP contribution in [-0.2, 0) is 0 Å². The molecular weight excluding hydrogens is 237 g/mol. The molecule has 0 radical (unpaired) electrons. The molecule has 6 heteroatoms. The van der Waals surface area contributed by atoms with Gasteiger partial charge in [-0.05, 0) is 19.1 Å². The van der Waals surface area contributed by atoms with E-state index in [1.807, 2.05) is 0 Å². The van der Waals surface area contributed by atoms with Gasteiger partial charge in [-0.3, -0.25) is 9.88 Å². The Bertz CT molecular complexity index is 437. The third kappa shape index (κ3) is 3.53. The molecule has 0 saturated heterocycles. The van der Waals surface area contributed by atoms with Crippen molar-refractivity contribution < 1.29 is 14.3 Å². The summed E-state index contributed by atoms with van der Waals surface area (Å²) in [6.07, 6.45) is 3.59. The highest BCUT2D eigenvalue weighted by Crippen LogP contribution is 2.20. The van der Waals surface area contributed by atoms with Crippen LogP contribution in [0.3, 0.4) is 0 Å². The van der Waals surface area contributed by atoms with Gasteiger partial charge in [0.25, 0.3) is 0 Å². The molecular formula is C12H16FN3O2. The van der Waals surface area contributed by atoms with E-state index in [0.29, 0.717) is 6.54 Å². The molecule has 0 saturated carbocycles. The van der Waals surface area contributed by atoms with Gasteiger partial charge in [-0.25, -0.2) is 9.18 Å². The smallest absolute Gasteiger partial charge is 0.408 e. The van der Waals surface area contributed by atoms with E-state index in [0.717, 1.165) is 4.90 Å². The highest BCUT2D eigenvalue weighted by Gasteiger charge is 2.23. The minimum Gasteiger partial charge on any atom is -0.465 e. The fraction of sp³-hybridized carbons (Fsp3) is 0.333. The number of carbonyl (C=O) groups is 1. The number of aromatic nitrogens is 1. The lowest BCUT2D eigenvalue weighted by atomic mass is 10.2. The van der Waals surface area contributed by atoms with E-state index in [1.54, 1.807) is 19.1 Å². The van der Waals surface area contributed by atoms with Gasteiger partial charge in [-0.15, -0.1) is 0 Å². The first-order chi connectivity index (χ1) is 8.57. The molecule has 3 N–H and O–H groups in total. The molecule has 18 heavy (non-hydrogen) atoms. The van der Waals surface area contributed by atoms with Crippen molar-refractivity contribution in [2.45, 2.75) is 13.0 Å². The quantitative estimate of drug-likeness (QED) is 0.784. The number of hydrogen-bond donors (Lipinski definition) is 2. The molecule has 5 nitrogen and oxygen atoms in total. The van der Waals surface area contributed by atoms with Crippen molar-refractivity contribution in [1.29, 1.82) is 0 Å². The van der Waals surface area contributed by atoms with Crippen molar-refractivity contribution in [1.82, 2.24) is 9.88 Å². The molecule has 0 aliphatic heterocycles. The number of rotatable bonds is 5. The molecule has 0 fully saturated rings. The highest BCUT2D eigenvalue weighted by atomic mass is 19.1. The number of nitrogens with zero attached hydrogens (tertiary/aromatic N) is 2. The Kier molecular flexibility index (Phi) is 5.26. The van der Waals surface area contributed by atoms with E-state index in [4.69, 9.17) is 10.8 Å². The minimum atomic E-state index is -1.13. The third-order valence-corrected chi connectivity index (χ3v) is 2.50. The Morgan fingerprint density at radius 2 is 2.39 bits per heavy atom. The van der Waals surface area contributed by atoms with Gasteiger partial charge in [0.1, 0.15) is 5.82 Å². The summed E-state index contributed by atoms with van der Waals surface area (Å²) in [4.78, 5) is 16.1. The van der Waals surface area contributed by atoms with E-state index < -0.39 is 18.0 Å². The summed E-state index contributed by atoms with van der Waals surface area (Å²) < 4.78 is 13.5. The lowest BCUT2D eigenvalue weighted by molar-refractivity contribution is 0.132. The van der Waals surface area contributed by atoms with Gasteiger partial charge < -0.3 is 10.8 Å². The van der Waals surface area contributed by atoms with Crippen LogP contribution in [0.4, 0.5) is 9.18 Å². The number of carboxylic acid groups (broad SMARTS) is 1. The van der Waals surface area contributed by atoms with E-state index in [-0.39, 0.29) is 12.2 Å².